The van der Waals surface area contributed by atoms with Gasteiger partial charge in [0.2, 0.25) is 5.91 Å². The van der Waals surface area contributed by atoms with E-state index >= 15 is 0 Å². The standard InChI is InChI=1S/C13H22N4O/c1-10(13(14)18)15-9-11-7-8-17(16-11)12-5-3-2-4-6-12/h7-8,10,12,15H,2-6,9H2,1H3,(H2,14,18). The molecule has 3 N–H and O–H groups in total. The summed E-state index contributed by atoms with van der Waals surface area (Å²) in [5.41, 5.74) is 6.16. The number of nitrogens with one attached hydrogen (secondary N) is 1. The van der Waals surface area contributed by atoms with Crippen molar-refractivity contribution in [3.63, 3.8) is 0 Å². The number of nitrogens with two attached hydrogens (primary N) is 1. The van der Waals surface area contributed by atoms with E-state index in [0.29, 0.717) is 12.6 Å². The first-order chi connectivity index (χ1) is 8.66. The van der Waals surface area contributed by atoms with E-state index in [1.165, 1.54) is 32.1 Å². The fourth-order valence-electron chi connectivity index (χ4n) is 2.38. The van der Waals surface area contributed by atoms with Crippen LogP contribution in [0.1, 0.15) is 50.8 Å². The van der Waals surface area contributed by atoms with Crippen molar-refractivity contribution in [2.45, 2.75) is 57.7 Å². The van der Waals surface area contributed by atoms with E-state index in [1.54, 1.807) is 6.92 Å². The van der Waals surface area contributed by atoms with Gasteiger partial charge in [-0.3, -0.25) is 9.48 Å². The molecule has 5 heteroatoms. The predicted octanol–water partition coefficient (Wildman–Crippen LogP) is 1.35. The van der Waals surface area contributed by atoms with Crippen molar-refractivity contribution in [1.82, 2.24) is 15.1 Å². The van der Waals surface area contributed by atoms with Crippen LogP contribution in [0.2, 0.25) is 0 Å². The second-order valence-electron chi connectivity index (χ2n) is 5.08. The van der Waals surface area contributed by atoms with Gasteiger partial charge in [-0.2, -0.15) is 5.10 Å². The molecular weight excluding hydrogens is 228 g/mol. The Morgan fingerprint density at radius 1 is 1.56 bits per heavy atom. The number of carbonyl (C=O) groups excluding carboxylic acids is 1. The molecule has 1 atom stereocenters. The van der Waals surface area contributed by atoms with Gasteiger partial charge in [0, 0.05) is 12.7 Å². The summed E-state index contributed by atoms with van der Waals surface area (Å²) in [6, 6.07) is 2.25. The minimum atomic E-state index is -0.332. The number of amides is 1. The second-order valence-corrected chi connectivity index (χ2v) is 5.08. The fourth-order valence-corrected chi connectivity index (χ4v) is 2.38. The molecule has 1 heterocycles. The summed E-state index contributed by atoms with van der Waals surface area (Å²) in [5, 5.41) is 7.63. The first-order valence-electron chi connectivity index (χ1n) is 6.73. The van der Waals surface area contributed by atoms with Gasteiger partial charge < -0.3 is 11.1 Å². The van der Waals surface area contributed by atoms with Crippen molar-refractivity contribution in [1.29, 1.82) is 0 Å². The Balaban J connectivity index is 1.87. The van der Waals surface area contributed by atoms with E-state index in [1.807, 2.05) is 12.3 Å². The van der Waals surface area contributed by atoms with E-state index in [0.717, 1.165) is 5.69 Å². The molecule has 0 aliphatic heterocycles. The van der Waals surface area contributed by atoms with Crippen molar-refractivity contribution < 1.29 is 4.79 Å². The van der Waals surface area contributed by atoms with Crippen LogP contribution in [-0.4, -0.2) is 21.7 Å². The van der Waals surface area contributed by atoms with Crippen LogP contribution in [0.5, 0.6) is 0 Å². The van der Waals surface area contributed by atoms with E-state index in [2.05, 4.69) is 15.1 Å². The number of rotatable bonds is 5. The molecule has 1 aromatic rings. The quantitative estimate of drug-likeness (QED) is 0.828. The van der Waals surface area contributed by atoms with Gasteiger partial charge in [-0.15, -0.1) is 0 Å². The van der Waals surface area contributed by atoms with Crippen molar-refractivity contribution in [3.05, 3.63) is 18.0 Å². The topological polar surface area (TPSA) is 72.9 Å². The highest BCUT2D eigenvalue weighted by Gasteiger charge is 2.16. The lowest BCUT2D eigenvalue weighted by Crippen LogP contribution is -2.38. The van der Waals surface area contributed by atoms with Gasteiger partial charge in [0.15, 0.2) is 0 Å². The highest BCUT2D eigenvalue weighted by atomic mass is 16.1. The average molecular weight is 250 g/mol. The molecule has 5 nitrogen and oxygen atoms in total. The van der Waals surface area contributed by atoms with Crippen LogP contribution in [-0.2, 0) is 11.3 Å². The SMILES string of the molecule is CC(NCc1ccn(C2CCCCC2)n1)C(N)=O. The van der Waals surface area contributed by atoms with Crippen LogP contribution < -0.4 is 11.1 Å². The molecule has 1 aliphatic carbocycles. The van der Waals surface area contributed by atoms with E-state index < -0.39 is 0 Å². The molecule has 100 valence electrons. The largest absolute Gasteiger partial charge is 0.368 e. The second kappa shape index (κ2) is 6.00. The lowest BCUT2D eigenvalue weighted by molar-refractivity contribution is -0.119. The lowest BCUT2D eigenvalue weighted by Gasteiger charge is -2.21. The summed E-state index contributed by atoms with van der Waals surface area (Å²) in [6.07, 6.45) is 8.45. The summed E-state index contributed by atoms with van der Waals surface area (Å²) in [6.45, 7) is 2.35. The van der Waals surface area contributed by atoms with Gasteiger partial charge in [-0.25, -0.2) is 0 Å². The maximum atomic E-state index is 10.9. The number of aromatic nitrogens is 2. The van der Waals surface area contributed by atoms with Gasteiger partial charge in [-0.05, 0) is 25.8 Å². The zero-order chi connectivity index (χ0) is 13.0. The third kappa shape index (κ3) is 3.32. The molecular formula is C13H22N4O. The Kier molecular flexibility index (Phi) is 4.36. The normalized spacial score (nSPS) is 18.7. The Hall–Kier alpha value is -1.36. The van der Waals surface area contributed by atoms with Crippen LogP contribution in [0.25, 0.3) is 0 Å². The van der Waals surface area contributed by atoms with Crippen LogP contribution in [0.4, 0.5) is 0 Å². The van der Waals surface area contributed by atoms with E-state index in [4.69, 9.17) is 5.73 Å². The fraction of sp³-hybridized carbons (Fsp3) is 0.692. The van der Waals surface area contributed by atoms with Crippen molar-refractivity contribution in [3.8, 4) is 0 Å². The molecule has 1 aliphatic rings. The molecule has 1 fully saturated rings. The number of nitrogens with zero attached hydrogens (tertiary/aromatic N) is 2. The monoisotopic (exact) mass is 250 g/mol. The molecule has 0 radical (unpaired) electrons. The highest BCUT2D eigenvalue weighted by Crippen LogP contribution is 2.27. The highest BCUT2D eigenvalue weighted by molar-refractivity contribution is 5.79. The first kappa shape index (κ1) is 13.1. The van der Waals surface area contributed by atoms with Gasteiger partial charge in [0.25, 0.3) is 0 Å². The maximum Gasteiger partial charge on any atom is 0.234 e. The minimum Gasteiger partial charge on any atom is -0.368 e. The Morgan fingerprint density at radius 2 is 2.28 bits per heavy atom. The number of hydrogen-bond acceptors (Lipinski definition) is 3. The summed E-state index contributed by atoms with van der Waals surface area (Å²) in [4.78, 5) is 10.9. The molecule has 18 heavy (non-hydrogen) atoms. The molecule has 2 rings (SSSR count). The molecule has 1 saturated carbocycles. The van der Waals surface area contributed by atoms with E-state index in [9.17, 15) is 4.79 Å². The van der Waals surface area contributed by atoms with Crippen LogP contribution in [0.3, 0.4) is 0 Å². The molecule has 1 aromatic heterocycles. The van der Waals surface area contributed by atoms with Crippen molar-refractivity contribution >= 4 is 5.91 Å². The average Bonchev–Trinajstić information content (AvgIpc) is 2.85. The number of carbonyl (C=O) groups is 1. The minimum absolute atomic E-state index is 0.315. The van der Waals surface area contributed by atoms with Gasteiger partial charge in [-0.1, -0.05) is 19.3 Å². The first-order valence-corrected chi connectivity index (χ1v) is 6.73. The zero-order valence-corrected chi connectivity index (χ0v) is 10.9. The molecule has 0 bridgehead atoms. The van der Waals surface area contributed by atoms with Crippen molar-refractivity contribution in [2.24, 2.45) is 5.73 Å². The summed E-state index contributed by atoms with van der Waals surface area (Å²) in [7, 11) is 0. The predicted molar refractivity (Wildman–Crippen MR) is 69.8 cm³/mol. The van der Waals surface area contributed by atoms with Crippen molar-refractivity contribution in [2.75, 3.05) is 0 Å². The maximum absolute atomic E-state index is 10.9. The smallest absolute Gasteiger partial charge is 0.234 e. The van der Waals surface area contributed by atoms with Gasteiger partial charge in [0.1, 0.15) is 0 Å². The summed E-state index contributed by atoms with van der Waals surface area (Å²) < 4.78 is 2.07. The van der Waals surface area contributed by atoms with Crippen LogP contribution in [0, 0.1) is 0 Å². The molecule has 0 spiro atoms. The van der Waals surface area contributed by atoms with Gasteiger partial charge >= 0.3 is 0 Å². The summed E-state index contributed by atoms with van der Waals surface area (Å²) >= 11 is 0. The molecule has 1 amide bonds. The lowest BCUT2D eigenvalue weighted by atomic mass is 9.96. The number of primary amides is 1. The third-order valence-electron chi connectivity index (χ3n) is 3.63. The Bertz CT molecular complexity index is 395. The zero-order valence-electron chi connectivity index (χ0n) is 10.9. The number of hydrogen-bond donors (Lipinski definition) is 2. The van der Waals surface area contributed by atoms with Crippen LogP contribution >= 0.6 is 0 Å². The van der Waals surface area contributed by atoms with Gasteiger partial charge in [0.05, 0.1) is 17.8 Å². The molecule has 0 saturated heterocycles. The Morgan fingerprint density at radius 3 is 2.94 bits per heavy atom. The van der Waals surface area contributed by atoms with E-state index in [-0.39, 0.29) is 11.9 Å². The Labute approximate surface area is 108 Å². The molecule has 1 unspecified atom stereocenters. The molecule has 0 aromatic carbocycles. The summed E-state index contributed by atoms with van der Waals surface area (Å²) in [5.74, 6) is -0.332. The third-order valence-corrected chi connectivity index (χ3v) is 3.63. The van der Waals surface area contributed by atoms with Crippen LogP contribution in [0.15, 0.2) is 12.3 Å².